The van der Waals surface area contributed by atoms with Gasteiger partial charge in [0, 0.05) is 5.75 Å². The van der Waals surface area contributed by atoms with Crippen LogP contribution in [-0.2, 0) is 20.1 Å². The first-order valence-corrected chi connectivity index (χ1v) is 8.74. The summed E-state index contributed by atoms with van der Waals surface area (Å²) in [6.45, 7) is 1.33. The smallest absolute Gasteiger partial charge is 0.316 e. The normalized spacial score (nSPS) is 10.5. The number of nitrogens with one attached hydrogen (secondary N) is 1. The van der Waals surface area contributed by atoms with Gasteiger partial charge in [0.2, 0.25) is 0 Å². The molecule has 0 radical (unpaired) electrons. The predicted molar refractivity (Wildman–Crippen MR) is 93.2 cm³/mol. The van der Waals surface area contributed by atoms with Gasteiger partial charge in [-0.3, -0.25) is 9.59 Å². The maximum atomic E-state index is 13.4. The van der Waals surface area contributed by atoms with E-state index in [1.807, 2.05) is 36.5 Å². The standard InChI is InChI=1S/C18H16F3NO3S/c1-11-2-4-12(5-3-11)9-26-10-16(24)25-8-15(23)22-14-7-6-13(19)17(20)18(14)21/h2-7H,8-10H2,1H3,(H,22,23). The van der Waals surface area contributed by atoms with Gasteiger partial charge in [0.05, 0.1) is 11.4 Å². The molecule has 0 atom stereocenters. The van der Waals surface area contributed by atoms with E-state index in [1.165, 1.54) is 11.8 Å². The molecule has 2 rings (SSSR count). The van der Waals surface area contributed by atoms with Crippen LogP contribution < -0.4 is 5.32 Å². The SMILES string of the molecule is Cc1ccc(CSCC(=O)OCC(=O)Nc2ccc(F)c(F)c2F)cc1. The van der Waals surface area contributed by atoms with Crippen LogP contribution in [0.5, 0.6) is 0 Å². The maximum absolute atomic E-state index is 13.4. The Hall–Kier alpha value is -2.48. The molecule has 1 amide bonds. The molecule has 0 saturated heterocycles. The second-order valence-corrected chi connectivity index (χ2v) is 6.40. The minimum absolute atomic E-state index is 0.0424. The van der Waals surface area contributed by atoms with Crippen LogP contribution in [0.3, 0.4) is 0 Å². The molecule has 0 unspecified atom stereocenters. The Morgan fingerprint density at radius 3 is 2.42 bits per heavy atom. The lowest BCUT2D eigenvalue weighted by Crippen LogP contribution is -2.22. The minimum Gasteiger partial charge on any atom is -0.455 e. The number of hydrogen-bond acceptors (Lipinski definition) is 4. The molecule has 0 bridgehead atoms. The second kappa shape index (κ2) is 9.28. The first kappa shape index (κ1) is 19.8. The van der Waals surface area contributed by atoms with E-state index in [1.54, 1.807) is 0 Å². The number of amides is 1. The molecule has 0 spiro atoms. The van der Waals surface area contributed by atoms with Gasteiger partial charge in [-0.25, -0.2) is 13.2 Å². The molecule has 2 aromatic rings. The lowest BCUT2D eigenvalue weighted by Gasteiger charge is -2.08. The van der Waals surface area contributed by atoms with Gasteiger partial charge in [-0.15, -0.1) is 11.8 Å². The van der Waals surface area contributed by atoms with Crippen LogP contribution in [0, 0.1) is 24.4 Å². The van der Waals surface area contributed by atoms with E-state index < -0.39 is 41.6 Å². The average molecular weight is 383 g/mol. The van der Waals surface area contributed by atoms with E-state index in [9.17, 15) is 22.8 Å². The molecule has 8 heteroatoms. The Morgan fingerprint density at radius 2 is 1.73 bits per heavy atom. The summed E-state index contributed by atoms with van der Waals surface area (Å²) in [6, 6.07) is 9.41. The summed E-state index contributed by atoms with van der Waals surface area (Å²) >= 11 is 1.32. The first-order chi connectivity index (χ1) is 12.4. The van der Waals surface area contributed by atoms with Crippen molar-refractivity contribution in [3.05, 3.63) is 65.0 Å². The van der Waals surface area contributed by atoms with Crippen molar-refractivity contribution in [2.45, 2.75) is 12.7 Å². The molecule has 0 fully saturated rings. The number of esters is 1. The van der Waals surface area contributed by atoms with Gasteiger partial charge >= 0.3 is 5.97 Å². The summed E-state index contributed by atoms with van der Waals surface area (Å²) in [4.78, 5) is 23.2. The highest BCUT2D eigenvalue weighted by Gasteiger charge is 2.16. The number of carbonyl (C=O) groups excluding carboxylic acids is 2. The fraction of sp³-hybridized carbons (Fsp3) is 0.222. The van der Waals surface area contributed by atoms with E-state index in [2.05, 4.69) is 0 Å². The third-order valence-corrected chi connectivity index (χ3v) is 4.26. The third-order valence-electron chi connectivity index (χ3n) is 3.28. The molecule has 138 valence electrons. The largest absolute Gasteiger partial charge is 0.455 e. The third kappa shape index (κ3) is 5.80. The Kier molecular flexibility index (Phi) is 7.08. The zero-order valence-electron chi connectivity index (χ0n) is 13.9. The van der Waals surface area contributed by atoms with Crippen molar-refractivity contribution in [3.63, 3.8) is 0 Å². The van der Waals surface area contributed by atoms with E-state index >= 15 is 0 Å². The number of thioether (sulfide) groups is 1. The van der Waals surface area contributed by atoms with Crippen LogP contribution >= 0.6 is 11.8 Å². The summed E-state index contributed by atoms with van der Waals surface area (Å²) in [5, 5.41) is 2.02. The molecule has 0 heterocycles. The van der Waals surface area contributed by atoms with Crippen molar-refractivity contribution in [2.24, 2.45) is 0 Å². The Labute approximate surface area is 152 Å². The summed E-state index contributed by atoms with van der Waals surface area (Å²) < 4.78 is 44.1. The van der Waals surface area contributed by atoms with Crippen molar-refractivity contribution >= 4 is 29.3 Å². The Morgan fingerprint density at radius 1 is 1.04 bits per heavy atom. The Bertz CT molecular complexity index is 797. The zero-order chi connectivity index (χ0) is 19.1. The van der Waals surface area contributed by atoms with Crippen LogP contribution in [0.25, 0.3) is 0 Å². The van der Waals surface area contributed by atoms with Gasteiger partial charge in [-0.2, -0.15) is 0 Å². The maximum Gasteiger partial charge on any atom is 0.316 e. The van der Waals surface area contributed by atoms with Gasteiger partial charge < -0.3 is 10.1 Å². The van der Waals surface area contributed by atoms with Crippen LogP contribution in [0.15, 0.2) is 36.4 Å². The van der Waals surface area contributed by atoms with Crippen LogP contribution in [0.4, 0.5) is 18.9 Å². The number of carbonyl (C=O) groups is 2. The van der Waals surface area contributed by atoms with Crippen molar-refractivity contribution < 1.29 is 27.5 Å². The molecule has 4 nitrogen and oxygen atoms in total. The number of ether oxygens (including phenoxy) is 1. The van der Waals surface area contributed by atoms with Crippen LogP contribution in [0.1, 0.15) is 11.1 Å². The molecule has 0 aliphatic heterocycles. The molecule has 2 aromatic carbocycles. The van der Waals surface area contributed by atoms with E-state index in [0.29, 0.717) is 11.8 Å². The topological polar surface area (TPSA) is 55.4 Å². The molecule has 0 aromatic heterocycles. The van der Waals surface area contributed by atoms with Gasteiger partial charge in [-0.05, 0) is 24.6 Å². The summed E-state index contributed by atoms with van der Waals surface area (Å²) in [6.07, 6.45) is 0. The molecule has 0 aliphatic carbocycles. The summed E-state index contributed by atoms with van der Waals surface area (Å²) in [5.41, 5.74) is 1.67. The number of rotatable bonds is 7. The molecular formula is C18H16F3NO3S. The van der Waals surface area contributed by atoms with Gasteiger partial charge in [-0.1, -0.05) is 29.8 Å². The fourth-order valence-corrected chi connectivity index (χ4v) is 2.71. The number of anilines is 1. The van der Waals surface area contributed by atoms with Crippen LogP contribution in [-0.4, -0.2) is 24.2 Å². The second-order valence-electron chi connectivity index (χ2n) is 5.41. The monoisotopic (exact) mass is 383 g/mol. The molecule has 0 aliphatic rings. The van der Waals surface area contributed by atoms with Crippen molar-refractivity contribution in [1.82, 2.24) is 0 Å². The molecular weight excluding hydrogens is 367 g/mol. The summed E-state index contributed by atoms with van der Waals surface area (Å²) in [5.74, 6) is -5.37. The van der Waals surface area contributed by atoms with E-state index in [-0.39, 0.29) is 5.75 Å². The fourth-order valence-electron chi connectivity index (χ4n) is 1.93. The van der Waals surface area contributed by atoms with Gasteiger partial charge in [0.15, 0.2) is 24.1 Å². The van der Waals surface area contributed by atoms with Crippen molar-refractivity contribution in [2.75, 3.05) is 17.7 Å². The first-order valence-electron chi connectivity index (χ1n) is 7.59. The van der Waals surface area contributed by atoms with Crippen molar-refractivity contribution in [3.8, 4) is 0 Å². The van der Waals surface area contributed by atoms with Gasteiger partial charge in [0.25, 0.3) is 5.91 Å². The molecule has 0 saturated carbocycles. The van der Waals surface area contributed by atoms with Crippen molar-refractivity contribution in [1.29, 1.82) is 0 Å². The number of hydrogen-bond donors (Lipinski definition) is 1. The number of benzene rings is 2. The number of aryl methyl sites for hydroxylation is 1. The van der Waals surface area contributed by atoms with Crippen LogP contribution in [0.2, 0.25) is 0 Å². The van der Waals surface area contributed by atoms with Gasteiger partial charge in [0.1, 0.15) is 0 Å². The predicted octanol–water partition coefficient (Wildman–Crippen LogP) is 3.83. The Balaban J connectivity index is 1.72. The lowest BCUT2D eigenvalue weighted by molar-refractivity contribution is -0.144. The highest BCUT2D eigenvalue weighted by atomic mass is 32.2. The molecule has 1 N–H and O–H groups in total. The number of halogens is 3. The van der Waals surface area contributed by atoms with E-state index in [0.717, 1.165) is 17.2 Å². The highest BCUT2D eigenvalue weighted by Crippen LogP contribution is 2.19. The van der Waals surface area contributed by atoms with E-state index in [4.69, 9.17) is 4.74 Å². The molecule has 26 heavy (non-hydrogen) atoms. The average Bonchev–Trinajstić information content (AvgIpc) is 2.62. The minimum atomic E-state index is -1.69. The quantitative estimate of drug-likeness (QED) is 0.583. The summed E-state index contributed by atoms with van der Waals surface area (Å²) in [7, 11) is 0. The highest BCUT2D eigenvalue weighted by molar-refractivity contribution is 7.99. The lowest BCUT2D eigenvalue weighted by atomic mass is 10.2. The zero-order valence-corrected chi connectivity index (χ0v) is 14.7.